The van der Waals surface area contributed by atoms with Crippen LogP contribution in [0.3, 0.4) is 0 Å². The molecule has 1 atom stereocenters. The fourth-order valence-corrected chi connectivity index (χ4v) is 5.41. The van der Waals surface area contributed by atoms with Gasteiger partial charge in [-0.25, -0.2) is 12.8 Å². The van der Waals surface area contributed by atoms with E-state index in [9.17, 15) is 17.6 Å². The zero-order valence-corrected chi connectivity index (χ0v) is 20.3. The number of aryl methyl sites for hydroxylation is 1. The van der Waals surface area contributed by atoms with E-state index in [0.29, 0.717) is 22.7 Å². The lowest BCUT2D eigenvalue weighted by Gasteiger charge is -2.20. The molecule has 2 aromatic carbocycles. The van der Waals surface area contributed by atoms with E-state index in [1.165, 1.54) is 46.6 Å². The molecule has 0 radical (unpaired) electrons. The quantitative estimate of drug-likeness (QED) is 0.393. The van der Waals surface area contributed by atoms with Gasteiger partial charge in [0.05, 0.1) is 24.2 Å². The maximum atomic E-state index is 13.5. The number of carbonyl (C=O) groups excluding carboxylic acids is 1. The second-order valence-corrected chi connectivity index (χ2v) is 10.1. The second-order valence-electron chi connectivity index (χ2n) is 8.09. The average molecular weight is 497 g/mol. The molecule has 2 heterocycles. The summed E-state index contributed by atoms with van der Waals surface area (Å²) in [5, 5.41) is 7.25. The first-order chi connectivity index (χ1) is 16.7. The summed E-state index contributed by atoms with van der Waals surface area (Å²) in [6.45, 7) is 3.26. The van der Waals surface area contributed by atoms with E-state index in [-0.39, 0.29) is 17.1 Å². The normalized spacial score (nSPS) is 12.6. The van der Waals surface area contributed by atoms with Crippen molar-refractivity contribution in [2.24, 2.45) is 0 Å². The molecule has 1 amide bonds. The molecule has 1 unspecified atom stereocenters. The Morgan fingerprint density at radius 3 is 2.40 bits per heavy atom. The Labute approximate surface area is 203 Å². The first kappa shape index (κ1) is 24.4. The van der Waals surface area contributed by atoms with E-state index < -0.39 is 27.8 Å². The highest BCUT2D eigenvalue weighted by Crippen LogP contribution is 2.29. The second kappa shape index (κ2) is 9.85. The Balaban J connectivity index is 1.74. The molecule has 0 aliphatic heterocycles. The molecule has 0 spiro atoms. The number of rotatable bonds is 8. The van der Waals surface area contributed by atoms with Gasteiger partial charge in [0.1, 0.15) is 16.5 Å². The lowest BCUT2D eigenvalue weighted by atomic mass is 10.1. The van der Waals surface area contributed by atoms with Crippen LogP contribution in [0.5, 0.6) is 0 Å². The lowest BCUT2D eigenvalue weighted by Crippen LogP contribution is -2.29. The molecule has 1 N–H and O–H groups in total. The van der Waals surface area contributed by atoms with Crippen molar-refractivity contribution >= 4 is 21.6 Å². The molecule has 0 fully saturated rings. The number of aromatic nitrogens is 2. The summed E-state index contributed by atoms with van der Waals surface area (Å²) in [7, 11) is -2.48. The number of nitrogens with zero attached hydrogens (tertiary/aromatic N) is 3. The van der Waals surface area contributed by atoms with Crippen LogP contribution in [0.25, 0.3) is 0 Å². The highest BCUT2D eigenvalue weighted by atomic mass is 32.2. The minimum atomic E-state index is -3.94. The molecule has 0 saturated carbocycles. The third-order valence-corrected chi connectivity index (χ3v) is 7.66. The summed E-state index contributed by atoms with van der Waals surface area (Å²) in [5.74, 6) is -0.365. The number of amides is 1. The van der Waals surface area contributed by atoms with Crippen molar-refractivity contribution in [3.8, 4) is 0 Å². The molecule has 182 valence electrons. The van der Waals surface area contributed by atoms with Crippen LogP contribution < -0.4 is 5.32 Å². The van der Waals surface area contributed by atoms with Crippen LogP contribution in [-0.4, -0.2) is 35.5 Å². The fourth-order valence-electron chi connectivity index (χ4n) is 3.92. The van der Waals surface area contributed by atoms with E-state index in [0.717, 1.165) is 0 Å². The smallest absolute Gasteiger partial charge is 0.253 e. The van der Waals surface area contributed by atoms with Gasteiger partial charge >= 0.3 is 0 Å². The van der Waals surface area contributed by atoms with Crippen LogP contribution in [0.1, 0.15) is 28.8 Å². The van der Waals surface area contributed by atoms with Crippen molar-refractivity contribution < 1.29 is 22.0 Å². The van der Waals surface area contributed by atoms with Gasteiger partial charge in [0.2, 0.25) is 10.0 Å². The van der Waals surface area contributed by atoms with Gasteiger partial charge < -0.3 is 9.73 Å². The molecule has 0 saturated heterocycles. The highest BCUT2D eigenvalue weighted by Gasteiger charge is 2.33. The number of carbonyl (C=O) groups is 1. The Kier molecular flexibility index (Phi) is 6.86. The van der Waals surface area contributed by atoms with Crippen molar-refractivity contribution in [3.63, 3.8) is 0 Å². The zero-order chi connectivity index (χ0) is 25.2. The minimum absolute atomic E-state index is 0.0297. The van der Waals surface area contributed by atoms with E-state index in [4.69, 9.17) is 4.42 Å². The number of benzene rings is 2. The monoisotopic (exact) mass is 496 g/mol. The lowest BCUT2D eigenvalue weighted by molar-refractivity contribution is -0.118. The third kappa shape index (κ3) is 5.03. The summed E-state index contributed by atoms with van der Waals surface area (Å²) < 4.78 is 48.1. The molecule has 0 aliphatic rings. The van der Waals surface area contributed by atoms with E-state index >= 15 is 0 Å². The molecule has 35 heavy (non-hydrogen) atoms. The topological polar surface area (TPSA) is 97.4 Å². The van der Waals surface area contributed by atoms with Crippen LogP contribution in [0, 0.1) is 19.7 Å². The summed E-state index contributed by atoms with van der Waals surface area (Å²) in [6.07, 6.45) is 1.48. The number of furan rings is 1. The number of sulfonamides is 1. The van der Waals surface area contributed by atoms with E-state index in [2.05, 4.69) is 10.4 Å². The van der Waals surface area contributed by atoms with Crippen LogP contribution >= 0.6 is 0 Å². The number of hydrogen-bond acceptors (Lipinski definition) is 5. The summed E-state index contributed by atoms with van der Waals surface area (Å²) in [6, 6.07) is 16.7. The van der Waals surface area contributed by atoms with Gasteiger partial charge in [0.25, 0.3) is 5.91 Å². The van der Waals surface area contributed by atoms with Crippen molar-refractivity contribution in [1.82, 2.24) is 14.1 Å². The predicted octanol–water partition coefficient (Wildman–Crippen LogP) is 4.28. The van der Waals surface area contributed by atoms with Gasteiger partial charge in [-0.2, -0.15) is 9.40 Å². The van der Waals surface area contributed by atoms with Crippen molar-refractivity contribution in [2.75, 3.05) is 12.4 Å². The van der Waals surface area contributed by atoms with Crippen LogP contribution in [0.2, 0.25) is 0 Å². The van der Waals surface area contributed by atoms with Crippen LogP contribution in [-0.2, 0) is 21.4 Å². The van der Waals surface area contributed by atoms with Gasteiger partial charge in [0.15, 0.2) is 6.04 Å². The maximum absolute atomic E-state index is 13.5. The van der Waals surface area contributed by atoms with Crippen molar-refractivity contribution in [2.45, 2.75) is 31.3 Å². The molecule has 0 bridgehead atoms. The van der Waals surface area contributed by atoms with Gasteiger partial charge in [-0.1, -0.05) is 30.3 Å². The van der Waals surface area contributed by atoms with Crippen LogP contribution in [0.4, 0.5) is 10.1 Å². The van der Waals surface area contributed by atoms with E-state index in [1.807, 2.05) is 6.07 Å². The largest absolute Gasteiger partial charge is 0.468 e. The Morgan fingerprint density at radius 2 is 1.77 bits per heavy atom. The number of halogens is 1. The number of hydrogen-bond donors (Lipinski definition) is 1. The molecule has 8 nitrogen and oxygen atoms in total. The first-order valence-corrected chi connectivity index (χ1v) is 12.3. The molecule has 10 heteroatoms. The molecule has 2 aromatic heterocycles. The zero-order valence-electron chi connectivity index (χ0n) is 19.5. The SMILES string of the molecule is Cc1nn(C(C(=O)Nc2ccc(F)cc2)c2ccccc2)c(C)c1S(=O)(=O)N(C)Cc1ccco1. The number of anilines is 1. The van der Waals surface area contributed by atoms with Gasteiger partial charge in [-0.15, -0.1) is 0 Å². The summed E-state index contributed by atoms with van der Waals surface area (Å²) in [4.78, 5) is 13.5. The molecule has 0 aliphatic carbocycles. The van der Waals surface area contributed by atoms with E-state index in [1.54, 1.807) is 50.2 Å². The average Bonchev–Trinajstić information content (AvgIpc) is 3.44. The summed E-state index contributed by atoms with van der Waals surface area (Å²) >= 11 is 0. The Bertz CT molecular complexity index is 1420. The van der Waals surface area contributed by atoms with Gasteiger partial charge in [-0.3, -0.25) is 9.48 Å². The maximum Gasteiger partial charge on any atom is 0.253 e. The molecular formula is C25H25FN4O4S. The molecular weight excluding hydrogens is 471 g/mol. The standard InChI is InChI=1S/C25H25FN4O4S/c1-17-24(35(32,33)29(3)16-22-10-7-15-34-22)18(2)30(28-17)23(19-8-5-4-6-9-19)25(31)27-21-13-11-20(26)12-14-21/h4-15,23H,16H2,1-3H3,(H,27,31). The predicted molar refractivity (Wildman–Crippen MR) is 129 cm³/mol. The number of nitrogens with one attached hydrogen (secondary N) is 1. The highest BCUT2D eigenvalue weighted by molar-refractivity contribution is 7.89. The van der Waals surface area contributed by atoms with Gasteiger partial charge in [-0.05, 0) is 55.8 Å². The van der Waals surface area contributed by atoms with Crippen molar-refractivity contribution in [3.05, 3.63) is 102 Å². The molecule has 4 aromatic rings. The minimum Gasteiger partial charge on any atom is -0.468 e. The van der Waals surface area contributed by atoms with Crippen molar-refractivity contribution in [1.29, 1.82) is 0 Å². The Hall–Kier alpha value is -3.76. The van der Waals surface area contributed by atoms with Gasteiger partial charge in [0, 0.05) is 12.7 Å². The molecule has 4 rings (SSSR count). The van der Waals surface area contributed by atoms with Crippen LogP contribution in [0.15, 0.2) is 82.3 Å². The Morgan fingerprint density at radius 1 is 1.09 bits per heavy atom. The fraction of sp³-hybridized carbons (Fsp3) is 0.200. The third-order valence-electron chi connectivity index (χ3n) is 5.61. The first-order valence-electron chi connectivity index (χ1n) is 10.8. The summed E-state index contributed by atoms with van der Waals surface area (Å²) in [5.41, 5.74) is 1.61.